The Balaban J connectivity index is 3.04. The van der Waals surface area contributed by atoms with Crippen molar-refractivity contribution in [3.05, 3.63) is 0 Å². The number of nitrogens with zero attached hydrogens (tertiary/aromatic N) is 1. The molecular formula is C7H19N2O+. The lowest BCUT2D eigenvalue weighted by Crippen LogP contribution is -2.47. The summed E-state index contributed by atoms with van der Waals surface area (Å²) in [5.74, 6) is 5.31. The van der Waals surface area contributed by atoms with E-state index in [1.54, 1.807) is 7.05 Å². The summed E-state index contributed by atoms with van der Waals surface area (Å²) in [6, 6.07) is 0. The smallest absolute Gasteiger partial charge is 0.128 e. The largest absolute Gasteiger partial charge is 0.197 e. The molecule has 0 amide bonds. The fourth-order valence-electron chi connectivity index (χ4n) is 0.859. The number of hydrogen-bond acceptors (Lipinski definition) is 2. The molecule has 0 fully saturated rings. The summed E-state index contributed by atoms with van der Waals surface area (Å²) in [5.41, 5.74) is 0. The highest BCUT2D eigenvalue weighted by atomic mass is 16.6. The second-order valence-electron chi connectivity index (χ2n) is 3.00. The number of hydrogen-bond donors (Lipinski definition) is 2. The van der Waals surface area contributed by atoms with Gasteiger partial charge in [-0.3, -0.25) is 0 Å². The van der Waals surface area contributed by atoms with Crippen LogP contribution in [0.4, 0.5) is 0 Å². The first-order chi connectivity index (χ1) is 4.56. The molecule has 0 bridgehead atoms. The van der Waals surface area contributed by atoms with Crippen molar-refractivity contribution >= 4 is 0 Å². The summed E-state index contributed by atoms with van der Waals surface area (Å²) in [4.78, 5) is 0. The average Bonchev–Trinajstić information content (AvgIpc) is 1.78. The monoisotopic (exact) mass is 147 g/mol. The molecule has 0 aromatic heterocycles. The normalized spacial score (nSPS) is 16.8. The molecule has 0 radical (unpaired) electrons. The third-order valence-electron chi connectivity index (χ3n) is 1.46. The van der Waals surface area contributed by atoms with Gasteiger partial charge in [0.1, 0.15) is 13.6 Å². The predicted octanol–water partition coefficient (Wildman–Crippen LogP) is 1.28. The van der Waals surface area contributed by atoms with E-state index in [4.69, 9.17) is 11.0 Å². The van der Waals surface area contributed by atoms with E-state index >= 15 is 0 Å². The van der Waals surface area contributed by atoms with Gasteiger partial charge in [-0.2, -0.15) is 5.21 Å². The molecule has 3 N–H and O–H groups in total. The van der Waals surface area contributed by atoms with E-state index in [2.05, 4.69) is 6.92 Å². The van der Waals surface area contributed by atoms with E-state index in [1.807, 2.05) is 0 Å². The highest BCUT2D eigenvalue weighted by molar-refractivity contribution is 4.37. The van der Waals surface area contributed by atoms with Crippen LogP contribution in [-0.4, -0.2) is 23.6 Å². The average molecular weight is 147 g/mol. The first-order valence-electron chi connectivity index (χ1n) is 3.93. The van der Waals surface area contributed by atoms with Crippen LogP contribution < -0.4 is 5.84 Å². The van der Waals surface area contributed by atoms with Gasteiger partial charge in [0.25, 0.3) is 0 Å². The van der Waals surface area contributed by atoms with Gasteiger partial charge in [0.2, 0.25) is 0 Å². The van der Waals surface area contributed by atoms with Crippen molar-refractivity contribution in [2.45, 2.75) is 32.6 Å². The Kier molecular flexibility index (Phi) is 4.60. The highest BCUT2D eigenvalue weighted by Crippen LogP contribution is 2.00. The highest BCUT2D eigenvalue weighted by Gasteiger charge is 2.09. The molecule has 1 unspecified atom stereocenters. The Hall–Kier alpha value is -0.120. The molecular weight excluding hydrogens is 128 g/mol. The van der Waals surface area contributed by atoms with Gasteiger partial charge in [0.05, 0.1) is 0 Å². The fraction of sp³-hybridized carbons (Fsp3) is 1.00. The Bertz CT molecular complexity index is 78.2. The third-order valence-corrected chi connectivity index (χ3v) is 1.46. The van der Waals surface area contributed by atoms with E-state index in [-0.39, 0.29) is 4.76 Å². The molecule has 1 atom stereocenters. The maximum absolute atomic E-state index is 9.03. The zero-order valence-electron chi connectivity index (χ0n) is 7.01. The van der Waals surface area contributed by atoms with Crippen molar-refractivity contribution < 1.29 is 9.96 Å². The standard InChI is InChI=1S/C7H19N2O/c1-3-4-5-6-7-9(2,8)10/h10H,3-8H2,1-2H3/q+1. The van der Waals surface area contributed by atoms with E-state index < -0.39 is 0 Å². The number of hydroxylamine groups is 2. The summed E-state index contributed by atoms with van der Waals surface area (Å²) in [6.07, 6.45) is 4.64. The first kappa shape index (κ1) is 9.88. The summed E-state index contributed by atoms with van der Waals surface area (Å²) in [7, 11) is 1.59. The van der Waals surface area contributed by atoms with Gasteiger partial charge < -0.3 is 0 Å². The zero-order valence-corrected chi connectivity index (χ0v) is 7.01. The van der Waals surface area contributed by atoms with Gasteiger partial charge >= 0.3 is 0 Å². The van der Waals surface area contributed by atoms with Crippen molar-refractivity contribution in [3.63, 3.8) is 0 Å². The minimum absolute atomic E-state index is 0.385. The molecule has 0 aliphatic rings. The number of rotatable bonds is 5. The summed E-state index contributed by atoms with van der Waals surface area (Å²) in [6.45, 7) is 2.81. The van der Waals surface area contributed by atoms with Gasteiger partial charge in [-0.25, -0.2) is 0 Å². The summed E-state index contributed by atoms with van der Waals surface area (Å²) in [5, 5.41) is 9.03. The molecule has 0 saturated heterocycles. The van der Waals surface area contributed by atoms with E-state index in [0.717, 1.165) is 6.42 Å². The van der Waals surface area contributed by atoms with Gasteiger partial charge in [0, 0.05) is 6.42 Å². The molecule has 3 heteroatoms. The number of unbranched alkanes of at least 4 members (excludes halogenated alkanes) is 3. The topological polar surface area (TPSA) is 46.2 Å². The van der Waals surface area contributed by atoms with Gasteiger partial charge in [-0.1, -0.05) is 19.8 Å². The van der Waals surface area contributed by atoms with Crippen molar-refractivity contribution in [3.8, 4) is 0 Å². The minimum atomic E-state index is -0.385. The van der Waals surface area contributed by atoms with E-state index in [9.17, 15) is 0 Å². The van der Waals surface area contributed by atoms with Crippen molar-refractivity contribution in [1.82, 2.24) is 0 Å². The van der Waals surface area contributed by atoms with Crippen molar-refractivity contribution in [2.24, 2.45) is 5.84 Å². The molecule has 0 saturated carbocycles. The molecule has 0 aromatic carbocycles. The van der Waals surface area contributed by atoms with Crippen LogP contribution in [0.5, 0.6) is 0 Å². The quantitative estimate of drug-likeness (QED) is 0.266. The molecule has 0 aromatic rings. The molecule has 0 rings (SSSR count). The Morgan fingerprint density at radius 3 is 2.30 bits per heavy atom. The molecule has 0 aliphatic heterocycles. The van der Waals surface area contributed by atoms with Gasteiger partial charge in [-0.05, 0) is 6.42 Å². The van der Waals surface area contributed by atoms with Crippen LogP contribution in [0.3, 0.4) is 0 Å². The van der Waals surface area contributed by atoms with Crippen molar-refractivity contribution in [1.29, 1.82) is 0 Å². The Morgan fingerprint density at radius 2 is 1.90 bits per heavy atom. The molecule has 62 valence electrons. The lowest BCUT2D eigenvalue weighted by atomic mass is 10.2. The summed E-state index contributed by atoms with van der Waals surface area (Å²) >= 11 is 0. The first-order valence-corrected chi connectivity index (χ1v) is 3.93. The van der Waals surface area contributed by atoms with Crippen LogP contribution >= 0.6 is 0 Å². The third kappa shape index (κ3) is 7.88. The summed E-state index contributed by atoms with van der Waals surface area (Å²) < 4.78 is -0.385. The van der Waals surface area contributed by atoms with Crippen LogP contribution in [0.2, 0.25) is 0 Å². The Morgan fingerprint density at radius 1 is 1.30 bits per heavy atom. The lowest BCUT2D eigenvalue weighted by Gasteiger charge is -2.17. The van der Waals surface area contributed by atoms with Crippen LogP contribution in [-0.2, 0) is 0 Å². The molecule has 3 nitrogen and oxygen atoms in total. The van der Waals surface area contributed by atoms with Crippen LogP contribution in [0, 0.1) is 0 Å². The van der Waals surface area contributed by atoms with Gasteiger partial charge in [-0.15, -0.1) is 10.6 Å². The number of nitrogens with two attached hydrogens (primary N) is 1. The van der Waals surface area contributed by atoms with Crippen LogP contribution in [0.25, 0.3) is 0 Å². The van der Waals surface area contributed by atoms with E-state index in [0.29, 0.717) is 6.54 Å². The SMILES string of the molecule is CCCCCC[N+](C)(N)O. The number of quaternary nitrogens is 1. The predicted molar refractivity (Wildman–Crippen MR) is 41.2 cm³/mol. The molecule has 10 heavy (non-hydrogen) atoms. The lowest BCUT2D eigenvalue weighted by molar-refractivity contribution is -1.10. The second-order valence-corrected chi connectivity index (χ2v) is 3.00. The van der Waals surface area contributed by atoms with E-state index in [1.165, 1.54) is 19.3 Å². The second kappa shape index (κ2) is 4.66. The molecule has 0 aliphatic carbocycles. The van der Waals surface area contributed by atoms with Gasteiger partial charge in [0.15, 0.2) is 0 Å². The Labute approximate surface area is 63.0 Å². The minimum Gasteiger partial charge on any atom is -0.197 e. The van der Waals surface area contributed by atoms with Crippen LogP contribution in [0.15, 0.2) is 0 Å². The molecule has 0 heterocycles. The van der Waals surface area contributed by atoms with Crippen LogP contribution in [0.1, 0.15) is 32.6 Å². The van der Waals surface area contributed by atoms with Crippen molar-refractivity contribution in [2.75, 3.05) is 13.6 Å². The maximum atomic E-state index is 9.03. The fourth-order valence-corrected chi connectivity index (χ4v) is 0.859. The molecule has 0 spiro atoms. The maximum Gasteiger partial charge on any atom is 0.128 e. The zero-order chi connectivity index (χ0) is 8.04.